The van der Waals surface area contributed by atoms with Gasteiger partial charge < -0.3 is 18.9 Å². The Bertz CT molecular complexity index is 1370. The van der Waals surface area contributed by atoms with Crippen molar-refractivity contribution in [3.05, 3.63) is 47.6 Å². The van der Waals surface area contributed by atoms with Gasteiger partial charge in [-0.1, -0.05) is 98.8 Å². The van der Waals surface area contributed by atoms with Crippen LogP contribution in [0.1, 0.15) is 120 Å². The zero-order chi connectivity index (χ0) is 37.9. The number of aliphatic hydroxyl groups excluding tert-OH is 1. The molecule has 0 bridgehead atoms. The minimum absolute atomic E-state index is 0.0118. The van der Waals surface area contributed by atoms with Gasteiger partial charge in [-0.25, -0.2) is 0 Å². The minimum Gasteiger partial charge on any atom is -0.413 e. The smallest absolute Gasteiger partial charge is 0.231 e. The zero-order valence-electron chi connectivity index (χ0n) is 34.9. The summed E-state index contributed by atoms with van der Waals surface area (Å²) >= 11 is 0. The monoisotopic (exact) mass is 726 g/mol. The highest BCUT2D eigenvalue weighted by Crippen LogP contribution is 2.62. The van der Waals surface area contributed by atoms with Crippen LogP contribution in [0.4, 0.5) is 0 Å². The molecule has 1 N–H and O–H groups in total. The lowest BCUT2D eigenvalue weighted by Crippen LogP contribution is -2.49. The Balaban J connectivity index is 1.59. The molecule has 0 aromatic rings. The van der Waals surface area contributed by atoms with Gasteiger partial charge >= 0.3 is 0 Å². The molecule has 0 aromatic carbocycles. The number of hydrogen-bond donors (Lipinski definition) is 1. The Kier molecular flexibility index (Phi) is 11.8. The first kappa shape index (κ1) is 41.5. The largest absolute Gasteiger partial charge is 0.413 e. The molecule has 284 valence electrons. The zero-order valence-corrected chi connectivity index (χ0v) is 36.9. The maximum atomic E-state index is 12.9. The summed E-state index contributed by atoms with van der Waals surface area (Å²) in [4.78, 5) is 14.5. The fourth-order valence-corrected chi connectivity index (χ4v) is 11.8. The number of allylic oxidation sites excluding steroid dienone is 4. The van der Waals surface area contributed by atoms with Gasteiger partial charge in [0, 0.05) is 20.5 Å². The summed E-state index contributed by atoms with van der Waals surface area (Å²) in [6.45, 7) is 35.3. The van der Waals surface area contributed by atoms with Crippen LogP contribution in [-0.4, -0.2) is 65.0 Å². The molecule has 4 aliphatic carbocycles. The number of carbonyl (C=O) groups excluding carboxylic acids is 1. The Morgan fingerprint density at radius 3 is 2.06 bits per heavy atom. The molecule has 5 nitrogen and oxygen atoms in total. The van der Waals surface area contributed by atoms with Crippen molar-refractivity contribution >= 4 is 22.5 Å². The molecule has 4 aliphatic rings. The molecule has 1 amide bonds. The quantitative estimate of drug-likeness (QED) is 0.180. The Labute approximate surface area is 309 Å². The summed E-state index contributed by atoms with van der Waals surface area (Å²) in [5.74, 6) is 1.11. The van der Waals surface area contributed by atoms with E-state index in [1.807, 2.05) is 6.08 Å². The van der Waals surface area contributed by atoms with Gasteiger partial charge in [-0.3, -0.25) is 4.79 Å². The van der Waals surface area contributed by atoms with Crippen molar-refractivity contribution in [3.8, 4) is 0 Å². The molecule has 0 radical (unpaired) electrons. The second-order valence-corrected chi connectivity index (χ2v) is 30.3. The van der Waals surface area contributed by atoms with Crippen molar-refractivity contribution in [2.45, 2.75) is 175 Å². The van der Waals surface area contributed by atoms with Crippen LogP contribution in [0.5, 0.6) is 0 Å². The maximum absolute atomic E-state index is 12.9. The second-order valence-electron chi connectivity index (χ2n) is 20.8. The Hall–Kier alpha value is -1.26. The summed E-state index contributed by atoms with van der Waals surface area (Å²) < 4.78 is 14.2. The van der Waals surface area contributed by atoms with Crippen LogP contribution in [0.15, 0.2) is 47.6 Å². The average molecular weight is 726 g/mol. The molecule has 4 rings (SSSR count). The third-order valence-electron chi connectivity index (χ3n) is 14.5. The van der Waals surface area contributed by atoms with Gasteiger partial charge in [0.05, 0.1) is 23.7 Å². The molecule has 7 heteroatoms. The molecule has 4 fully saturated rings. The van der Waals surface area contributed by atoms with Crippen LogP contribution in [0.25, 0.3) is 0 Å². The van der Waals surface area contributed by atoms with Crippen molar-refractivity contribution in [2.75, 3.05) is 14.1 Å². The lowest BCUT2D eigenvalue weighted by Gasteiger charge is -2.47. The maximum Gasteiger partial charge on any atom is 0.231 e. The Morgan fingerprint density at radius 1 is 0.940 bits per heavy atom. The number of hydrogen-bond acceptors (Lipinski definition) is 4. The molecule has 4 saturated carbocycles. The highest BCUT2D eigenvalue weighted by Gasteiger charge is 2.56. The first-order valence-corrected chi connectivity index (χ1v) is 25.5. The molecular formula is C43H75NO4Si2. The number of aliphatic hydroxyl groups is 1. The lowest BCUT2D eigenvalue weighted by molar-refractivity contribution is -0.137. The molecular weight excluding hydrogens is 651 g/mol. The third kappa shape index (κ3) is 8.27. The predicted octanol–water partition coefficient (Wildman–Crippen LogP) is 11.0. The summed E-state index contributed by atoms with van der Waals surface area (Å²) in [7, 11) is -0.400. The molecule has 0 heterocycles. The van der Waals surface area contributed by atoms with Crippen molar-refractivity contribution in [1.29, 1.82) is 0 Å². The lowest BCUT2D eigenvalue weighted by atomic mass is 9.57. The van der Waals surface area contributed by atoms with E-state index in [1.54, 1.807) is 24.6 Å². The van der Waals surface area contributed by atoms with Crippen molar-refractivity contribution < 1.29 is 18.8 Å². The van der Waals surface area contributed by atoms with E-state index in [1.165, 1.54) is 31.3 Å². The van der Waals surface area contributed by atoms with Gasteiger partial charge in [-0.15, -0.1) is 0 Å². The van der Waals surface area contributed by atoms with Crippen LogP contribution < -0.4 is 0 Å². The minimum atomic E-state index is -2.02. The van der Waals surface area contributed by atoms with Crippen LogP contribution in [0, 0.1) is 28.1 Å². The van der Waals surface area contributed by atoms with Crippen LogP contribution in [0.2, 0.25) is 36.3 Å². The van der Waals surface area contributed by atoms with E-state index >= 15 is 0 Å². The molecule has 50 heavy (non-hydrogen) atoms. The van der Waals surface area contributed by atoms with E-state index in [0.29, 0.717) is 11.8 Å². The van der Waals surface area contributed by atoms with Gasteiger partial charge in [0.15, 0.2) is 16.6 Å². The number of fused-ring (bicyclic) bond motifs is 1. The standard InChI is InChI=1S/C43H75NO4Si2/c1-30-32(28-33(47-49(13,14)39(2,3)4)29-35(30)48-50(15,16)40(5,6)7)20-19-31-18-17-24-42(10)34(31)21-22-36(42)41(8,9)25-23-37(45)43(26-27-43)38(46)44(11)12/h19-20,23,25,33-37,45H,1,17-18,21-22,24,26-29H2,2-16H3/b25-23+,31-19+,32-20-/t33?,34?,35?,36?,37?,42-/m0/s1. The van der Waals surface area contributed by atoms with Crippen molar-refractivity contribution in [2.24, 2.45) is 28.1 Å². The van der Waals surface area contributed by atoms with E-state index in [9.17, 15) is 9.90 Å². The topological polar surface area (TPSA) is 59.0 Å². The van der Waals surface area contributed by atoms with Gasteiger partial charge in [-0.2, -0.15) is 0 Å². The van der Waals surface area contributed by atoms with Gasteiger partial charge in [-0.05, 0) is 121 Å². The van der Waals surface area contributed by atoms with E-state index in [2.05, 4.69) is 107 Å². The Morgan fingerprint density at radius 2 is 1.52 bits per heavy atom. The predicted molar refractivity (Wildman–Crippen MR) is 216 cm³/mol. The first-order chi connectivity index (χ1) is 22.7. The number of rotatable bonds is 10. The normalized spacial score (nSPS) is 31.7. The highest BCUT2D eigenvalue weighted by atomic mass is 28.4. The van der Waals surface area contributed by atoms with E-state index < -0.39 is 28.2 Å². The van der Waals surface area contributed by atoms with E-state index in [0.717, 1.165) is 37.7 Å². The molecule has 0 saturated heterocycles. The fraction of sp³-hybridized carbons (Fsp3) is 0.791. The SMILES string of the molecule is C=C1/C(=C\C=C2/CCC[C@@]3(C)C2CCC3C(C)(C)/C=C/C(O)C2(C(=O)N(C)C)CC2)CC(O[Si](C)(C)C(C)(C)C)CC1O[Si](C)(C)C(C)(C)C. The van der Waals surface area contributed by atoms with Crippen molar-refractivity contribution in [1.82, 2.24) is 4.90 Å². The average Bonchev–Trinajstić information content (AvgIpc) is 3.70. The van der Waals surface area contributed by atoms with Crippen molar-refractivity contribution in [3.63, 3.8) is 0 Å². The molecule has 0 spiro atoms. The third-order valence-corrected chi connectivity index (χ3v) is 23.5. The van der Waals surface area contributed by atoms with E-state index in [4.69, 9.17) is 15.4 Å². The van der Waals surface area contributed by atoms with Crippen LogP contribution in [0.3, 0.4) is 0 Å². The summed E-state index contributed by atoms with van der Waals surface area (Å²) in [5.41, 5.74) is 3.53. The first-order valence-electron chi connectivity index (χ1n) is 19.7. The molecule has 0 aromatic heterocycles. The fourth-order valence-electron chi connectivity index (χ4n) is 9.08. The molecule has 0 aliphatic heterocycles. The molecule has 6 atom stereocenters. The summed E-state index contributed by atoms with van der Waals surface area (Å²) in [6.07, 6.45) is 17.8. The second kappa shape index (κ2) is 14.2. The summed E-state index contributed by atoms with van der Waals surface area (Å²) in [5, 5.41) is 11.5. The van der Waals surface area contributed by atoms with Gasteiger partial charge in [0.1, 0.15) is 0 Å². The van der Waals surface area contributed by atoms with Crippen LogP contribution in [-0.2, 0) is 13.6 Å². The number of amides is 1. The van der Waals surface area contributed by atoms with E-state index in [-0.39, 0.29) is 39.0 Å². The van der Waals surface area contributed by atoms with Crippen LogP contribution >= 0.6 is 0 Å². The van der Waals surface area contributed by atoms with Gasteiger partial charge in [0.2, 0.25) is 5.91 Å². The summed E-state index contributed by atoms with van der Waals surface area (Å²) in [6, 6.07) is 0. The molecule has 5 unspecified atom stereocenters. The number of carbonyl (C=O) groups is 1. The number of nitrogens with zero attached hydrogens (tertiary/aromatic N) is 1. The van der Waals surface area contributed by atoms with Gasteiger partial charge in [0.25, 0.3) is 0 Å². The highest BCUT2D eigenvalue weighted by molar-refractivity contribution is 6.74.